The van der Waals surface area contributed by atoms with E-state index in [1.54, 1.807) is 0 Å². The number of nitrogens with two attached hydrogens (primary N) is 1. The lowest BCUT2D eigenvalue weighted by Gasteiger charge is -2.18. The average molecular weight is 282 g/mol. The molecule has 0 radical (unpaired) electrons. The molecule has 110 valence electrons. The zero-order chi connectivity index (χ0) is 15.3. The summed E-state index contributed by atoms with van der Waals surface area (Å²) in [5.74, 6) is -0.00286. The van der Waals surface area contributed by atoms with Crippen LogP contribution < -0.4 is 11.1 Å². The second kappa shape index (κ2) is 6.55. The molecule has 0 fully saturated rings. The van der Waals surface area contributed by atoms with Crippen molar-refractivity contribution in [2.75, 3.05) is 5.32 Å². The molecule has 0 bridgehead atoms. The van der Waals surface area contributed by atoms with Gasteiger partial charge in [0.25, 0.3) is 0 Å². The first-order chi connectivity index (χ1) is 9.96. The van der Waals surface area contributed by atoms with Gasteiger partial charge in [-0.05, 0) is 31.9 Å². The lowest BCUT2D eigenvalue weighted by atomic mass is 9.99. The number of benzene rings is 2. The molecule has 0 heterocycles. The Kier molecular flexibility index (Phi) is 4.76. The monoisotopic (exact) mass is 282 g/mol. The van der Waals surface area contributed by atoms with Crippen LogP contribution in [0.1, 0.15) is 26.7 Å². The SMILES string of the molecule is CC(C)(N)CCC(=O)Nc1ccccc1-c1ccccc1. The van der Waals surface area contributed by atoms with Crippen molar-refractivity contribution in [1.29, 1.82) is 0 Å². The predicted molar refractivity (Wildman–Crippen MR) is 88.0 cm³/mol. The van der Waals surface area contributed by atoms with Crippen LogP contribution in [0.4, 0.5) is 5.69 Å². The van der Waals surface area contributed by atoms with Gasteiger partial charge in [-0.15, -0.1) is 0 Å². The Morgan fingerprint density at radius 1 is 1.05 bits per heavy atom. The predicted octanol–water partition coefficient (Wildman–Crippen LogP) is 3.81. The van der Waals surface area contributed by atoms with Crippen LogP contribution in [-0.2, 0) is 4.79 Å². The topological polar surface area (TPSA) is 55.1 Å². The van der Waals surface area contributed by atoms with Crippen LogP contribution in [0.15, 0.2) is 54.6 Å². The standard InChI is InChI=1S/C18H22N2O/c1-18(2,19)13-12-17(21)20-16-11-7-6-10-15(16)14-8-4-3-5-9-14/h3-11H,12-13,19H2,1-2H3,(H,20,21). The number of carbonyl (C=O) groups excluding carboxylic acids is 1. The second-order valence-corrected chi connectivity index (χ2v) is 5.95. The van der Waals surface area contributed by atoms with E-state index in [1.165, 1.54) is 0 Å². The number of hydrogen-bond donors (Lipinski definition) is 2. The Bertz CT molecular complexity index is 600. The molecule has 0 atom stereocenters. The van der Waals surface area contributed by atoms with Crippen molar-refractivity contribution in [1.82, 2.24) is 0 Å². The third kappa shape index (κ3) is 4.72. The minimum absolute atomic E-state index is 0.00286. The smallest absolute Gasteiger partial charge is 0.224 e. The Labute approximate surface area is 126 Å². The zero-order valence-corrected chi connectivity index (χ0v) is 12.6. The highest BCUT2D eigenvalue weighted by molar-refractivity contribution is 5.95. The van der Waals surface area contributed by atoms with Gasteiger partial charge in [0.1, 0.15) is 0 Å². The van der Waals surface area contributed by atoms with E-state index >= 15 is 0 Å². The largest absolute Gasteiger partial charge is 0.326 e. The van der Waals surface area contributed by atoms with Crippen molar-refractivity contribution >= 4 is 11.6 Å². The molecule has 0 saturated heterocycles. The van der Waals surface area contributed by atoms with Crippen LogP contribution in [0.5, 0.6) is 0 Å². The molecule has 0 unspecified atom stereocenters. The number of para-hydroxylation sites is 1. The first-order valence-electron chi connectivity index (χ1n) is 7.19. The van der Waals surface area contributed by atoms with E-state index in [-0.39, 0.29) is 11.4 Å². The molecule has 0 saturated carbocycles. The van der Waals surface area contributed by atoms with Gasteiger partial charge in [0.2, 0.25) is 5.91 Å². The Hall–Kier alpha value is -2.13. The minimum Gasteiger partial charge on any atom is -0.326 e. The molecule has 21 heavy (non-hydrogen) atoms. The molecule has 0 aliphatic rings. The maximum atomic E-state index is 12.1. The fraction of sp³-hybridized carbons (Fsp3) is 0.278. The molecular formula is C18H22N2O. The quantitative estimate of drug-likeness (QED) is 0.876. The fourth-order valence-electron chi connectivity index (χ4n) is 2.11. The second-order valence-electron chi connectivity index (χ2n) is 5.95. The third-order valence-electron chi connectivity index (χ3n) is 3.28. The maximum Gasteiger partial charge on any atom is 0.224 e. The average Bonchev–Trinajstić information content (AvgIpc) is 2.46. The molecule has 3 heteroatoms. The maximum absolute atomic E-state index is 12.1. The highest BCUT2D eigenvalue weighted by Crippen LogP contribution is 2.27. The number of rotatable bonds is 5. The summed E-state index contributed by atoms with van der Waals surface area (Å²) in [6.45, 7) is 3.86. The number of carbonyl (C=O) groups is 1. The van der Waals surface area contributed by atoms with E-state index in [9.17, 15) is 4.79 Å². The van der Waals surface area contributed by atoms with Crippen molar-refractivity contribution < 1.29 is 4.79 Å². The molecule has 2 aromatic carbocycles. The Balaban J connectivity index is 2.13. The van der Waals surface area contributed by atoms with Crippen LogP contribution in [0, 0.1) is 0 Å². The summed E-state index contributed by atoms with van der Waals surface area (Å²) in [6, 6.07) is 17.9. The van der Waals surface area contributed by atoms with E-state index in [4.69, 9.17) is 5.73 Å². The van der Waals surface area contributed by atoms with Crippen LogP contribution in [0.3, 0.4) is 0 Å². The van der Waals surface area contributed by atoms with E-state index in [1.807, 2.05) is 68.4 Å². The fourth-order valence-corrected chi connectivity index (χ4v) is 2.11. The van der Waals surface area contributed by atoms with Crippen molar-refractivity contribution in [3.63, 3.8) is 0 Å². The zero-order valence-electron chi connectivity index (χ0n) is 12.6. The van der Waals surface area contributed by atoms with Crippen LogP contribution in [0.25, 0.3) is 11.1 Å². The van der Waals surface area contributed by atoms with Crippen molar-refractivity contribution in [3.8, 4) is 11.1 Å². The van der Waals surface area contributed by atoms with Gasteiger partial charge in [-0.2, -0.15) is 0 Å². The highest BCUT2D eigenvalue weighted by Gasteiger charge is 2.14. The lowest BCUT2D eigenvalue weighted by Crippen LogP contribution is -2.33. The molecule has 0 aromatic heterocycles. The summed E-state index contributed by atoms with van der Waals surface area (Å²) in [4.78, 5) is 12.1. The summed E-state index contributed by atoms with van der Waals surface area (Å²) in [5, 5.41) is 2.99. The molecule has 3 nitrogen and oxygen atoms in total. The van der Waals surface area contributed by atoms with E-state index in [0.717, 1.165) is 16.8 Å². The molecule has 0 aliphatic heterocycles. The Morgan fingerprint density at radius 3 is 2.33 bits per heavy atom. The first-order valence-corrected chi connectivity index (χ1v) is 7.19. The van der Waals surface area contributed by atoms with Crippen molar-refractivity contribution in [2.24, 2.45) is 5.73 Å². The Morgan fingerprint density at radius 2 is 1.67 bits per heavy atom. The molecule has 3 N–H and O–H groups in total. The number of anilines is 1. The summed E-state index contributed by atoms with van der Waals surface area (Å²) < 4.78 is 0. The van der Waals surface area contributed by atoms with Crippen LogP contribution in [-0.4, -0.2) is 11.4 Å². The van der Waals surface area contributed by atoms with Crippen LogP contribution >= 0.6 is 0 Å². The van der Waals surface area contributed by atoms with E-state index < -0.39 is 0 Å². The van der Waals surface area contributed by atoms with Gasteiger partial charge in [0.15, 0.2) is 0 Å². The van der Waals surface area contributed by atoms with Crippen LogP contribution in [0.2, 0.25) is 0 Å². The van der Waals surface area contributed by atoms with Gasteiger partial charge in [0, 0.05) is 23.2 Å². The van der Waals surface area contributed by atoms with Gasteiger partial charge in [-0.1, -0.05) is 48.5 Å². The van der Waals surface area contributed by atoms with Gasteiger partial charge in [-0.3, -0.25) is 4.79 Å². The molecule has 2 rings (SSSR count). The number of nitrogens with one attached hydrogen (secondary N) is 1. The third-order valence-corrected chi connectivity index (χ3v) is 3.28. The molecule has 0 spiro atoms. The van der Waals surface area contributed by atoms with E-state index in [0.29, 0.717) is 12.8 Å². The van der Waals surface area contributed by atoms with Crippen molar-refractivity contribution in [3.05, 3.63) is 54.6 Å². The van der Waals surface area contributed by atoms with Gasteiger partial charge < -0.3 is 11.1 Å². The summed E-state index contributed by atoms with van der Waals surface area (Å²) in [6.07, 6.45) is 1.08. The van der Waals surface area contributed by atoms with Gasteiger partial charge in [-0.25, -0.2) is 0 Å². The molecule has 0 aliphatic carbocycles. The normalized spacial score (nSPS) is 11.2. The summed E-state index contributed by atoms with van der Waals surface area (Å²) in [5.41, 5.74) is 8.55. The first kappa shape index (κ1) is 15.3. The highest BCUT2D eigenvalue weighted by atomic mass is 16.1. The number of hydrogen-bond acceptors (Lipinski definition) is 2. The number of amides is 1. The lowest BCUT2D eigenvalue weighted by molar-refractivity contribution is -0.116. The van der Waals surface area contributed by atoms with Crippen molar-refractivity contribution in [2.45, 2.75) is 32.2 Å². The molecular weight excluding hydrogens is 260 g/mol. The van der Waals surface area contributed by atoms with E-state index in [2.05, 4.69) is 5.32 Å². The molecule has 2 aromatic rings. The minimum atomic E-state index is -0.323. The summed E-state index contributed by atoms with van der Waals surface area (Å²) in [7, 11) is 0. The summed E-state index contributed by atoms with van der Waals surface area (Å²) >= 11 is 0. The molecule has 1 amide bonds. The van der Waals surface area contributed by atoms with Gasteiger partial charge >= 0.3 is 0 Å². The van der Waals surface area contributed by atoms with Gasteiger partial charge in [0.05, 0.1) is 0 Å².